The molecule has 1 aliphatic carbocycles. The van der Waals surface area contributed by atoms with E-state index < -0.39 is 0 Å². The molecule has 4 rings (SSSR count). The Morgan fingerprint density at radius 1 is 1.15 bits per heavy atom. The van der Waals surface area contributed by atoms with Crippen LogP contribution >= 0.6 is 15.9 Å². The van der Waals surface area contributed by atoms with Crippen LogP contribution in [0.4, 0.5) is 0 Å². The molecule has 1 heterocycles. The minimum absolute atomic E-state index is 0.000707. The monoisotopic (exact) mass is 525 g/mol. The summed E-state index contributed by atoms with van der Waals surface area (Å²) in [5.41, 5.74) is 5.11. The van der Waals surface area contributed by atoms with Gasteiger partial charge >= 0.3 is 0 Å². The van der Waals surface area contributed by atoms with Crippen LogP contribution in [0.25, 0.3) is 16.9 Å². The van der Waals surface area contributed by atoms with Gasteiger partial charge in [-0.05, 0) is 93.2 Å². The third kappa shape index (κ3) is 4.33. The van der Waals surface area contributed by atoms with Crippen LogP contribution in [-0.4, -0.2) is 46.4 Å². The summed E-state index contributed by atoms with van der Waals surface area (Å²) < 4.78 is 14.5. The Kier molecular flexibility index (Phi) is 6.51. The largest absolute Gasteiger partial charge is 0.493 e. The van der Waals surface area contributed by atoms with Crippen molar-refractivity contribution in [2.24, 2.45) is 0 Å². The summed E-state index contributed by atoms with van der Waals surface area (Å²) in [6.07, 6.45) is 1.52. The molecule has 3 aromatic rings. The Labute approximate surface area is 210 Å². The van der Waals surface area contributed by atoms with E-state index in [1.807, 2.05) is 76.7 Å². The molecule has 0 N–H and O–H groups in total. The number of carbonyl (C=O) groups excluding carboxylic acids is 1. The maximum Gasteiger partial charge on any atom is 0.274 e. The molecule has 0 aliphatic heterocycles. The molecular weight excluding hydrogens is 494 g/mol. The van der Waals surface area contributed by atoms with Crippen molar-refractivity contribution in [3.63, 3.8) is 0 Å². The van der Waals surface area contributed by atoms with Crippen LogP contribution < -0.4 is 9.47 Å². The van der Waals surface area contributed by atoms with Gasteiger partial charge in [0.05, 0.1) is 24.6 Å². The molecule has 2 aromatic carbocycles. The summed E-state index contributed by atoms with van der Waals surface area (Å²) in [4.78, 5) is 15.4. The molecule has 1 aromatic heterocycles. The highest BCUT2D eigenvalue weighted by atomic mass is 79.9. The Balaban J connectivity index is 1.99. The number of methoxy groups -OCH3 is 1. The maximum atomic E-state index is 13.6. The first-order chi connectivity index (χ1) is 16.0. The number of rotatable bonds is 5. The first-order valence-electron chi connectivity index (χ1n) is 11.6. The lowest BCUT2D eigenvalue weighted by Crippen LogP contribution is -2.43. The minimum atomic E-state index is -0.320. The van der Waals surface area contributed by atoms with Crippen molar-refractivity contribution in [3.8, 4) is 28.4 Å². The van der Waals surface area contributed by atoms with Crippen LogP contribution in [0.15, 0.2) is 40.9 Å². The number of nitrogens with zero attached hydrogens (tertiary/aromatic N) is 3. The normalized spacial score (nSPS) is 12.9. The average molecular weight is 526 g/mol. The SMILES string of the molecule is COc1cc2c(cc1OC(C)C)-c1c(c(C(=O)N(C)C(C)(C)C)nn1-c1ccccc1Br)CC2. The maximum absolute atomic E-state index is 13.6. The highest BCUT2D eigenvalue weighted by molar-refractivity contribution is 9.10. The second-order valence-corrected chi connectivity index (χ2v) is 10.8. The van der Waals surface area contributed by atoms with Crippen molar-refractivity contribution < 1.29 is 14.3 Å². The van der Waals surface area contributed by atoms with Crippen molar-refractivity contribution in [2.45, 2.75) is 59.1 Å². The second kappa shape index (κ2) is 9.10. The van der Waals surface area contributed by atoms with Gasteiger partial charge in [0.25, 0.3) is 5.91 Å². The fourth-order valence-corrected chi connectivity index (χ4v) is 4.64. The van der Waals surface area contributed by atoms with E-state index in [4.69, 9.17) is 14.6 Å². The summed E-state index contributed by atoms with van der Waals surface area (Å²) in [7, 11) is 3.50. The van der Waals surface area contributed by atoms with Crippen LogP contribution in [0.5, 0.6) is 11.5 Å². The van der Waals surface area contributed by atoms with Gasteiger partial charge in [0.1, 0.15) is 0 Å². The zero-order valence-electron chi connectivity index (χ0n) is 20.9. The third-order valence-corrected chi connectivity index (χ3v) is 6.90. The first kappa shape index (κ1) is 24.3. The Morgan fingerprint density at radius 2 is 1.85 bits per heavy atom. The molecule has 0 saturated heterocycles. The minimum Gasteiger partial charge on any atom is -0.493 e. The van der Waals surface area contributed by atoms with Gasteiger partial charge in [0, 0.05) is 28.2 Å². The lowest BCUT2D eigenvalue weighted by molar-refractivity contribution is 0.0648. The van der Waals surface area contributed by atoms with E-state index in [1.54, 1.807) is 12.0 Å². The topological polar surface area (TPSA) is 56.6 Å². The highest BCUT2D eigenvalue weighted by Gasteiger charge is 2.34. The molecule has 1 aliphatic rings. The molecule has 0 fully saturated rings. The van der Waals surface area contributed by atoms with Gasteiger partial charge in [-0.3, -0.25) is 4.79 Å². The van der Waals surface area contributed by atoms with Crippen molar-refractivity contribution in [3.05, 3.63) is 57.7 Å². The fourth-order valence-electron chi connectivity index (χ4n) is 4.19. The number of fused-ring (bicyclic) bond motifs is 3. The number of aryl methyl sites for hydroxylation is 1. The summed E-state index contributed by atoms with van der Waals surface area (Å²) in [6.45, 7) is 10.1. The average Bonchev–Trinajstić information content (AvgIpc) is 3.16. The number of carbonyl (C=O) groups is 1. The number of hydrogen-bond acceptors (Lipinski definition) is 4. The predicted molar refractivity (Wildman–Crippen MR) is 138 cm³/mol. The van der Waals surface area contributed by atoms with E-state index in [0.717, 1.165) is 45.4 Å². The van der Waals surface area contributed by atoms with Gasteiger partial charge < -0.3 is 14.4 Å². The second-order valence-electron chi connectivity index (χ2n) is 9.90. The molecule has 0 saturated carbocycles. The summed E-state index contributed by atoms with van der Waals surface area (Å²) in [5.74, 6) is 1.32. The Morgan fingerprint density at radius 3 is 2.47 bits per heavy atom. The van der Waals surface area contributed by atoms with E-state index in [0.29, 0.717) is 17.2 Å². The molecular formula is C27H32BrN3O3. The number of amides is 1. The molecule has 0 radical (unpaired) electrons. The summed E-state index contributed by atoms with van der Waals surface area (Å²) >= 11 is 3.68. The van der Waals surface area contributed by atoms with Crippen molar-refractivity contribution >= 4 is 21.8 Å². The molecule has 7 heteroatoms. The third-order valence-electron chi connectivity index (χ3n) is 6.23. The smallest absolute Gasteiger partial charge is 0.274 e. The van der Waals surface area contributed by atoms with E-state index in [9.17, 15) is 4.79 Å². The van der Waals surface area contributed by atoms with E-state index in [-0.39, 0.29) is 17.6 Å². The van der Waals surface area contributed by atoms with Gasteiger partial charge in [0.2, 0.25) is 0 Å². The lowest BCUT2D eigenvalue weighted by atomic mass is 9.88. The molecule has 34 heavy (non-hydrogen) atoms. The Bertz CT molecular complexity index is 1240. The van der Waals surface area contributed by atoms with Crippen LogP contribution in [-0.2, 0) is 12.8 Å². The number of hydrogen-bond donors (Lipinski definition) is 0. The lowest BCUT2D eigenvalue weighted by Gasteiger charge is -2.31. The molecule has 0 bridgehead atoms. The van der Waals surface area contributed by atoms with Crippen molar-refractivity contribution in [1.29, 1.82) is 0 Å². The highest BCUT2D eigenvalue weighted by Crippen LogP contribution is 2.43. The first-order valence-corrected chi connectivity index (χ1v) is 12.3. The molecule has 180 valence electrons. The van der Waals surface area contributed by atoms with Gasteiger partial charge in [-0.1, -0.05) is 12.1 Å². The number of ether oxygens (including phenoxy) is 2. The number of halogens is 1. The van der Waals surface area contributed by atoms with Gasteiger partial charge in [-0.25, -0.2) is 4.68 Å². The standard InChI is InChI=1S/C27H32BrN3O3/c1-16(2)34-23-15-19-17(14-22(23)33-7)12-13-18-24(26(32)30(6)27(3,4)5)29-31(25(18)19)21-11-9-8-10-20(21)28/h8-11,14-16H,12-13H2,1-7H3. The summed E-state index contributed by atoms with van der Waals surface area (Å²) in [6, 6.07) is 12.0. The fraction of sp³-hybridized carbons (Fsp3) is 0.407. The van der Waals surface area contributed by atoms with Gasteiger partial charge in [0.15, 0.2) is 17.2 Å². The molecule has 0 atom stereocenters. The van der Waals surface area contributed by atoms with Gasteiger partial charge in [-0.2, -0.15) is 5.10 Å². The summed E-state index contributed by atoms with van der Waals surface area (Å²) in [5, 5.41) is 4.91. The van der Waals surface area contributed by atoms with E-state index >= 15 is 0 Å². The zero-order chi connectivity index (χ0) is 24.8. The van der Waals surface area contributed by atoms with E-state index in [1.165, 1.54) is 0 Å². The number of para-hydroxylation sites is 1. The van der Waals surface area contributed by atoms with Crippen LogP contribution in [0.1, 0.15) is 56.2 Å². The van der Waals surface area contributed by atoms with Crippen LogP contribution in [0.3, 0.4) is 0 Å². The zero-order valence-corrected chi connectivity index (χ0v) is 22.5. The van der Waals surface area contributed by atoms with Crippen LogP contribution in [0, 0.1) is 0 Å². The van der Waals surface area contributed by atoms with Crippen molar-refractivity contribution in [1.82, 2.24) is 14.7 Å². The molecule has 6 nitrogen and oxygen atoms in total. The molecule has 0 spiro atoms. The number of aromatic nitrogens is 2. The molecule has 1 amide bonds. The predicted octanol–water partition coefficient (Wildman–Crippen LogP) is 6.07. The van der Waals surface area contributed by atoms with Crippen molar-refractivity contribution in [2.75, 3.05) is 14.2 Å². The Hall–Kier alpha value is -2.80. The number of benzene rings is 2. The van der Waals surface area contributed by atoms with Crippen LogP contribution in [0.2, 0.25) is 0 Å². The van der Waals surface area contributed by atoms with E-state index in [2.05, 4.69) is 22.0 Å². The quantitative estimate of drug-likeness (QED) is 0.405. The molecule has 0 unspecified atom stereocenters. The van der Waals surface area contributed by atoms with Gasteiger partial charge in [-0.15, -0.1) is 0 Å².